The van der Waals surface area contributed by atoms with Gasteiger partial charge in [0.05, 0.1) is 18.7 Å². The Balaban J connectivity index is 1.81. The van der Waals surface area contributed by atoms with Crippen molar-refractivity contribution >= 4 is 33.9 Å². The number of ketones is 1. The van der Waals surface area contributed by atoms with Crippen molar-refractivity contribution in [3.8, 4) is 5.75 Å². The summed E-state index contributed by atoms with van der Waals surface area (Å²) < 4.78 is 5.35. The molecule has 0 bridgehead atoms. The Morgan fingerprint density at radius 1 is 0.848 bits per heavy atom. The first-order chi connectivity index (χ1) is 16.1. The van der Waals surface area contributed by atoms with E-state index in [9.17, 15) is 14.7 Å². The van der Waals surface area contributed by atoms with Gasteiger partial charge in [0.15, 0.2) is 0 Å². The lowest BCUT2D eigenvalue weighted by Gasteiger charge is -2.26. The standard InChI is InChI=1S/C28H21NO4/c1-33-21-14-8-13-20(17-21)29-25(23-16-7-12-18-9-5-6-15-22(18)23)24(27(31)28(29)32)26(30)19-10-3-2-4-11-19/h2-17,25,30H,1H3/b26-24-. The number of hydrogen-bond acceptors (Lipinski definition) is 4. The lowest BCUT2D eigenvalue weighted by atomic mass is 9.91. The minimum absolute atomic E-state index is 0.0605. The van der Waals surface area contributed by atoms with E-state index < -0.39 is 17.7 Å². The summed E-state index contributed by atoms with van der Waals surface area (Å²) in [6, 6.07) is 28.6. The van der Waals surface area contributed by atoms with Crippen LogP contribution in [0, 0.1) is 0 Å². The molecule has 1 N–H and O–H groups in total. The number of nitrogens with zero attached hydrogens (tertiary/aromatic N) is 1. The van der Waals surface area contributed by atoms with Gasteiger partial charge in [-0.2, -0.15) is 0 Å². The van der Waals surface area contributed by atoms with Crippen molar-refractivity contribution < 1.29 is 19.4 Å². The molecule has 5 nitrogen and oxygen atoms in total. The number of fused-ring (bicyclic) bond motifs is 1. The van der Waals surface area contributed by atoms with Crippen molar-refractivity contribution in [3.05, 3.63) is 114 Å². The molecule has 1 unspecified atom stereocenters. The first-order valence-corrected chi connectivity index (χ1v) is 10.6. The molecular weight excluding hydrogens is 414 g/mol. The predicted molar refractivity (Wildman–Crippen MR) is 128 cm³/mol. The number of aliphatic hydroxyl groups is 1. The van der Waals surface area contributed by atoms with Gasteiger partial charge >= 0.3 is 0 Å². The van der Waals surface area contributed by atoms with Crippen LogP contribution < -0.4 is 9.64 Å². The molecule has 33 heavy (non-hydrogen) atoms. The summed E-state index contributed by atoms with van der Waals surface area (Å²) in [4.78, 5) is 28.1. The third-order valence-electron chi connectivity index (χ3n) is 5.94. The number of ether oxygens (including phenoxy) is 1. The molecule has 4 aromatic rings. The highest BCUT2D eigenvalue weighted by Crippen LogP contribution is 2.44. The van der Waals surface area contributed by atoms with E-state index in [-0.39, 0.29) is 11.3 Å². The molecule has 1 heterocycles. The Morgan fingerprint density at radius 3 is 2.33 bits per heavy atom. The van der Waals surface area contributed by atoms with Gasteiger partial charge in [-0.15, -0.1) is 0 Å². The maximum Gasteiger partial charge on any atom is 0.300 e. The van der Waals surface area contributed by atoms with E-state index in [2.05, 4.69) is 0 Å². The molecule has 0 aliphatic carbocycles. The Morgan fingerprint density at radius 2 is 1.55 bits per heavy atom. The number of rotatable bonds is 4. The van der Waals surface area contributed by atoms with Crippen LogP contribution in [0.1, 0.15) is 17.2 Å². The number of benzene rings is 4. The van der Waals surface area contributed by atoms with E-state index in [1.807, 2.05) is 48.5 Å². The largest absolute Gasteiger partial charge is 0.507 e. The van der Waals surface area contributed by atoms with Crippen LogP contribution in [-0.2, 0) is 9.59 Å². The Hall–Kier alpha value is -4.38. The Kier molecular flexibility index (Phi) is 5.15. The molecular formula is C28H21NO4. The fourth-order valence-corrected chi connectivity index (χ4v) is 4.39. The van der Waals surface area contributed by atoms with Crippen molar-refractivity contribution in [1.82, 2.24) is 0 Å². The van der Waals surface area contributed by atoms with E-state index in [0.717, 1.165) is 16.3 Å². The number of aliphatic hydroxyl groups excluding tert-OH is 1. The topological polar surface area (TPSA) is 66.8 Å². The number of carbonyl (C=O) groups excluding carboxylic acids is 2. The van der Waals surface area contributed by atoms with Gasteiger partial charge in [0.1, 0.15) is 11.5 Å². The van der Waals surface area contributed by atoms with Crippen LogP contribution in [0.15, 0.2) is 103 Å². The summed E-state index contributed by atoms with van der Waals surface area (Å²) in [5.41, 5.74) is 1.81. The van der Waals surface area contributed by atoms with Crippen LogP contribution in [0.3, 0.4) is 0 Å². The van der Waals surface area contributed by atoms with Gasteiger partial charge in [0, 0.05) is 17.3 Å². The monoisotopic (exact) mass is 435 g/mol. The maximum absolute atomic E-state index is 13.4. The molecule has 1 aliphatic heterocycles. The van der Waals surface area contributed by atoms with Gasteiger partial charge < -0.3 is 9.84 Å². The van der Waals surface area contributed by atoms with Crippen molar-refractivity contribution in [2.24, 2.45) is 0 Å². The first kappa shape index (κ1) is 20.5. The number of anilines is 1. The zero-order valence-corrected chi connectivity index (χ0v) is 17.9. The molecule has 0 radical (unpaired) electrons. The third kappa shape index (κ3) is 3.44. The quantitative estimate of drug-likeness (QED) is 0.262. The first-order valence-electron chi connectivity index (χ1n) is 10.6. The van der Waals surface area contributed by atoms with E-state index in [1.165, 1.54) is 4.90 Å². The van der Waals surface area contributed by atoms with E-state index in [0.29, 0.717) is 17.0 Å². The molecule has 1 amide bonds. The predicted octanol–water partition coefficient (Wildman–Crippen LogP) is 5.47. The Labute approximate surface area is 191 Å². The van der Waals surface area contributed by atoms with E-state index in [4.69, 9.17) is 4.74 Å². The van der Waals surface area contributed by atoms with Gasteiger partial charge in [-0.3, -0.25) is 14.5 Å². The average Bonchev–Trinajstić information content (AvgIpc) is 3.13. The zero-order valence-electron chi connectivity index (χ0n) is 17.9. The molecule has 5 rings (SSSR count). The molecule has 0 aromatic heterocycles. The second-order valence-electron chi connectivity index (χ2n) is 7.80. The molecule has 162 valence electrons. The van der Waals surface area contributed by atoms with Crippen LogP contribution in [0.25, 0.3) is 16.5 Å². The summed E-state index contributed by atoms with van der Waals surface area (Å²) in [6.07, 6.45) is 0. The van der Waals surface area contributed by atoms with Crippen LogP contribution >= 0.6 is 0 Å². The molecule has 0 saturated carbocycles. The number of carbonyl (C=O) groups is 2. The fourth-order valence-electron chi connectivity index (χ4n) is 4.39. The number of amides is 1. The summed E-state index contributed by atoms with van der Waals surface area (Å²) in [6.45, 7) is 0. The molecule has 0 spiro atoms. The van der Waals surface area contributed by atoms with Gasteiger partial charge in [0.25, 0.3) is 11.7 Å². The van der Waals surface area contributed by atoms with Crippen molar-refractivity contribution in [2.45, 2.75) is 6.04 Å². The highest BCUT2D eigenvalue weighted by atomic mass is 16.5. The van der Waals surface area contributed by atoms with Crippen molar-refractivity contribution in [2.75, 3.05) is 12.0 Å². The van der Waals surface area contributed by atoms with E-state index >= 15 is 0 Å². The van der Waals surface area contributed by atoms with Gasteiger partial charge in [0.2, 0.25) is 0 Å². The maximum atomic E-state index is 13.4. The lowest BCUT2D eigenvalue weighted by Crippen LogP contribution is -2.29. The fraction of sp³-hybridized carbons (Fsp3) is 0.0714. The second kappa shape index (κ2) is 8.28. The minimum Gasteiger partial charge on any atom is -0.507 e. The molecule has 4 aromatic carbocycles. The van der Waals surface area contributed by atoms with Crippen molar-refractivity contribution in [3.63, 3.8) is 0 Å². The number of methoxy groups -OCH3 is 1. The van der Waals surface area contributed by atoms with E-state index in [1.54, 1.807) is 55.6 Å². The highest BCUT2D eigenvalue weighted by Gasteiger charge is 2.47. The molecule has 1 atom stereocenters. The summed E-state index contributed by atoms with van der Waals surface area (Å²) in [5, 5.41) is 13.1. The summed E-state index contributed by atoms with van der Waals surface area (Å²) >= 11 is 0. The summed E-state index contributed by atoms with van der Waals surface area (Å²) in [5.74, 6) is -1.05. The number of Topliss-reactive ketones (excluding diaryl/α,β-unsaturated/α-hetero) is 1. The van der Waals surface area contributed by atoms with Gasteiger partial charge in [-0.25, -0.2) is 0 Å². The average molecular weight is 435 g/mol. The molecule has 1 fully saturated rings. The number of hydrogen-bond donors (Lipinski definition) is 1. The zero-order chi connectivity index (χ0) is 22.9. The highest BCUT2D eigenvalue weighted by molar-refractivity contribution is 6.51. The normalized spacial score (nSPS) is 17.5. The SMILES string of the molecule is COc1cccc(N2C(=O)C(=O)/C(=C(\O)c3ccccc3)C2c2cccc3ccccc23)c1. The molecule has 1 aliphatic rings. The van der Waals surface area contributed by atoms with Crippen molar-refractivity contribution in [1.29, 1.82) is 0 Å². The van der Waals surface area contributed by atoms with Crippen LogP contribution in [0.5, 0.6) is 5.75 Å². The minimum atomic E-state index is -0.802. The Bertz CT molecular complexity index is 1400. The second-order valence-corrected chi connectivity index (χ2v) is 7.80. The van der Waals surface area contributed by atoms with Crippen LogP contribution in [0.2, 0.25) is 0 Å². The van der Waals surface area contributed by atoms with Gasteiger partial charge in [-0.1, -0.05) is 78.9 Å². The molecule has 5 heteroatoms. The van der Waals surface area contributed by atoms with Crippen LogP contribution in [0.4, 0.5) is 5.69 Å². The molecule has 1 saturated heterocycles. The smallest absolute Gasteiger partial charge is 0.300 e. The van der Waals surface area contributed by atoms with Crippen LogP contribution in [-0.4, -0.2) is 23.9 Å². The van der Waals surface area contributed by atoms with Gasteiger partial charge in [-0.05, 0) is 28.5 Å². The lowest BCUT2D eigenvalue weighted by molar-refractivity contribution is -0.132. The summed E-state index contributed by atoms with van der Waals surface area (Å²) in [7, 11) is 1.55. The third-order valence-corrected chi connectivity index (χ3v) is 5.94.